The summed E-state index contributed by atoms with van der Waals surface area (Å²) in [6.45, 7) is -0.0391. The Morgan fingerprint density at radius 2 is 2.07 bits per heavy atom. The zero-order valence-corrected chi connectivity index (χ0v) is 17.6. The van der Waals surface area contributed by atoms with E-state index in [0.717, 1.165) is 47.4 Å². The smallest absolute Gasteiger partial charge is 0.325 e. The summed E-state index contributed by atoms with van der Waals surface area (Å²) < 4.78 is 0. The van der Waals surface area contributed by atoms with E-state index < -0.39 is 36.0 Å². The van der Waals surface area contributed by atoms with Gasteiger partial charge in [0.1, 0.15) is 12.1 Å². The van der Waals surface area contributed by atoms with Crippen LogP contribution in [-0.2, 0) is 21.5 Å². The molecule has 1 aromatic heterocycles. The zero-order chi connectivity index (χ0) is 21.1. The number of nitrogens with zero attached hydrogens (tertiary/aromatic N) is 1. The Kier molecular flexibility index (Phi) is 5.90. The number of rotatable bonds is 5. The van der Waals surface area contributed by atoms with E-state index in [2.05, 4.69) is 22.0 Å². The molecule has 0 radical (unpaired) electrons. The van der Waals surface area contributed by atoms with E-state index in [1.807, 2.05) is 11.4 Å². The largest absolute Gasteiger partial charge is 0.337 e. The van der Waals surface area contributed by atoms with E-state index in [0.29, 0.717) is 13.0 Å². The molecule has 1 saturated heterocycles. The van der Waals surface area contributed by atoms with Crippen molar-refractivity contribution < 1.29 is 19.2 Å². The van der Waals surface area contributed by atoms with Gasteiger partial charge in [-0.05, 0) is 62.8 Å². The van der Waals surface area contributed by atoms with Crippen molar-refractivity contribution in [3.05, 3.63) is 33.5 Å². The van der Waals surface area contributed by atoms with Gasteiger partial charge in [-0.15, -0.1) is 11.3 Å². The van der Waals surface area contributed by atoms with Crippen molar-refractivity contribution in [1.29, 1.82) is 0 Å². The van der Waals surface area contributed by atoms with E-state index >= 15 is 0 Å². The van der Waals surface area contributed by atoms with Crippen molar-refractivity contribution in [2.75, 3.05) is 13.1 Å². The summed E-state index contributed by atoms with van der Waals surface area (Å²) >= 11 is 1.57. The second-order valence-corrected chi connectivity index (χ2v) is 9.00. The number of amides is 6. The maximum Gasteiger partial charge on any atom is 0.325 e. The van der Waals surface area contributed by atoms with Gasteiger partial charge in [-0.25, -0.2) is 9.59 Å². The van der Waals surface area contributed by atoms with Crippen LogP contribution >= 0.6 is 11.3 Å². The monoisotopic (exact) mass is 430 g/mol. The van der Waals surface area contributed by atoms with Crippen LogP contribution in [0.15, 0.2) is 23.1 Å². The van der Waals surface area contributed by atoms with E-state index in [1.54, 1.807) is 11.3 Å². The Bertz CT molecular complexity index is 909. The van der Waals surface area contributed by atoms with Gasteiger partial charge < -0.3 is 10.6 Å². The van der Waals surface area contributed by atoms with Gasteiger partial charge in [-0.3, -0.25) is 19.8 Å². The summed E-state index contributed by atoms with van der Waals surface area (Å²) in [4.78, 5) is 51.8. The zero-order valence-electron chi connectivity index (χ0n) is 16.8. The van der Waals surface area contributed by atoms with Gasteiger partial charge in [0.15, 0.2) is 0 Å². The second-order valence-electron chi connectivity index (χ2n) is 8.00. The van der Waals surface area contributed by atoms with Crippen molar-refractivity contribution in [2.24, 2.45) is 0 Å². The third-order valence-corrected chi connectivity index (χ3v) is 6.99. The summed E-state index contributed by atoms with van der Waals surface area (Å²) in [6, 6.07) is 0.658. The molecule has 1 fully saturated rings. The van der Waals surface area contributed by atoms with Crippen LogP contribution in [0.25, 0.3) is 0 Å². The third kappa shape index (κ3) is 3.98. The highest BCUT2D eigenvalue weighted by atomic mass is 32.1. The number of urea groups is 2. The van der Waals surface area contributed by atoms with Gasteiger partial charge >= 0.3 is 12.1 Å². The van der Waals surface area contributed by atoms with Gasteiger partial charge in [0.25, 0.3) is 5.91 Å². The number of carbonyl (C=O) groups excluding carboxylic acids is 4. The Labute approximate surface area is 179 Å². The van der Waals surface area contributed by atoms with Gasteiger partial charge in [0.05, 0.1) is 0 Å². The highest BCUT2D eigenvalue weighted by Crippen LogP contribution is 2.41. The summed E-state index contributed by atoms with van der Waals surface area (Å²) in [7, 11) is 0. The summed E-state index contributed by atoms with van der Waals surface area (Å²) in [6.07, 6.45) is 9.69. The number of aryl methyl sites for hydroxylation is 1. The van der Waals surface area contributed by atoms with Crippen molar-refractivity contribution in [3.8, 4) is 0 Å². The minimum atomic E-state index is -1.08. The second kappa shape index (κ2) is 8.59. The van der Waals surface area contributed by atoms with Crippen LogP contribution in [0, 0.1) is 0 Å². The molecule has 0 saturated carbocycles. The number of fused-ring (bicyclic) bond motifs is 2. The molecule has 6 amide bonds. The van der Waals surface area contributed by atoms with E-state index in [1.165, 1.54) is 18.4 Å². The predicted molar refractivity (Wildman–Crippen MR) is 112 cm³/mol. The summed E-state index contributed by atoms with van der Waals surface area (Å²) in [5.41, 5.74) is 1.08. The number of nitrogens with one attached hydrogen (secondary N) is 3. The molecule has 1 spiro atoms. The maximum absolute atomic E-state index is 13.1. The first-order valence-electron chi connectivity index (χ1n) is 10.5. The summed E-state index contributed by atoms with van der Waals surface area (Å²) in [5, 5.41) is 9.59. The molecular weight excluding hydrogens is 404 g/mol. The highest BCUT2D eigenvalue weighted by molar-refractivity contribution is 7.10. The van der Waals surface area contributed by atoms with E-state index in [4.69, 9.17) is 0 Å². The first kappa shape index (κ1) is 20.6. The molecule has 2 heterocycles. The first-order valence-corrected chi connectivity index (χ1v) is 11.3. The SMILES string of the molecule is O=C(CN1C(=O)N[C@@]2(CCCc3sccc32)C1=O)NC(=O)NCCC1=CCCCC1. The van der Waals surface area contributed by atoms with E-state index in [-0.39, 0.29) is 0 Å². The summed E-state index contributed by atoms with van der Waals surface area (Å²) in [5.74, 6) is -1.11. The standard InChI is InChI=1S/C21H26N4O4S/c26-17(23-19(28)22-11-8-14-5-2-1-3-6-14)13-25-18(27)21(24-20(25)29)10-4-7-16-15(21)9-12-30-16/h5,9,12H,1-4,6-8,10-11,13H2,(H,24,29)(H2,22,23,26,28)/t21-/m1/s1. The molecule has 2 aliphatic carbocycles. The van der Waals surface area contributed by atoms with Crippen LogP contribution in [-0.4, -0.2) is 41.9 Å². The van der Waals surface area contributed by atoms with Crippen LogP contribution in [0.4, 0.5) is 9.59 Å². The lowest BCUT2D eigenvalue weighted by Gasteiger charge is -2.31. The number of thiophene rings is 1. The first-order chi connectivity index (χ1) is 14.5. The Morgan fingerprint density at radius 3 is 2.87 bits per heavy atom. The molecule has 8 nitrogen and oxygen atoms in total. The molecule has 4 rings (SSSR count). The van der Waals surface area contributed by atoms with Crippen LogP contribution < -0.4 is 16.0 Å². The van der Waals surface area contributed by atoms with Gasteiger partial charge in [0.2, 0.25) is 5.91 Å². The maximum atomic E-state index is 13.1. The van der Waals surface area contributed by atoms with Crippen molar-refractivity contribution >= 4 is 35.2 Å². The number of allylic oxidation sites excluding steroid dienone is 1. The van der Waals surface area contributed by atoms with E-state index in [9.17, 15) is 19.2 Å². The van der Waals surface area contributed by atoms with Crippen molar-refractivity contribution in [1.82, 2.24) is 20.9 Å². The molecule has 160 valence electrons. The molecule has 1 aromatic rings. The van der Waals surface area contributed by atoms with Crippen LogP contribution in [0.3, 0.4) is 0 Å². The van der Waals surface area contributed by atoms with Crippen LogP contribution in [0.2, 0.25) is 0 Å². The van der Waals surface area contributed by atoms with Gasteiger partial charge in [-0.1, -0.05) is 11.6 Å². The number of carbonyl (C=O) groups is 4. The topological polar surface area (TPSA) is 108 Å². The number of imide groups is 2. The normalized spacial score (nSPS) is 23.1. The lowest BCUT2D eigenvalue weighted by molar-refractivity contribution is -0.135. The van der Waals surface area contributed by atoms with Crippen molar-refractivity contribution in [2.45, 2.75) is 56.9 Å². The molecule has 0 bridgehead atoms. The molecule has 9 heteroatoms. The molecule has 1 atom stereocenters. The molecule has 0 unspecified atom stereocenters. The van der Waals surface area contributed by atoms with Gasteiger partial charge in [-0.2, -0.15) is 0 Å². The predicted octanol–water partition coefficient (Wildman–Crippen LogP) is 2.55. The lowest BCUT2D eigenvalue weighted by atomic mass is 9.80. The lowest BCUT2D eigenvalue weighted by Crippen LogP contribution is -2.48. The fraction of sp³-hybridized carbons (Fsp3) is 0.524. The molecule has 3 N–H and O–H groups in total. The number of hydrogen-bond acceptors (Lipinski definition) is 5. The average molecular weight is 431 g/mol. The average Bonchev–Trinajstić information content (AvgIpc) is 3.29. The minimum absolute atomic E-state index is 0.424. The van der Waals surface area contributed by atoms with Crippen LogP contribution in [0.5, 0.6) is 0 Å². The quantitative estimate of drug-likeness (QED) is 0.493. The third-order valence-electron chi connectivity index (χ3n) is 6.01. The number of hydrogen-bond donors (Lipinski definition) is 3. The Balaban J connectivity index is 1.30. The molecule has 0 aromatic carbocycles. The minimum Gasteiger partial charge on any atom is -0.337 e. The Morgan fingerprint density at radius 1 is 1.20 bits per heavy atom. The highest BCUT2D eigenvalue weighted by Gasteiger charge is 2.54. The molecule has 3 aliphatic rings. The fourth-order valence-corrected chi connectivity index (χ4v) is 5.51. The van der Waals surface area contributed by atoms with Crippen molar-refractivity contribution in [3.63, 3.8) is 0 Å². The Hall–Kier alpha value is -2.68. The van der Waals surface area contributed by atoms with Crippen LogP contribution in [0.1, 0.15) is 55.4 Å². The fourth-order valence-electron chi connectivity index (χ4n) is 4.51. The van der Waals surface area contributed by atoms with Gasteiger partial charge in [0, 0.05) is 17.0 Å². The molecular formula is C21H26N4O4S. The molecule has 30 heavy (non-hydrogen) atoms. The molecule has 1 aliphatic heterocycles.